The van der Waals surface area contributed by atoms with Crippen molar-refractivity contribution in [1.82, 2.24) is 0 Å². The molecular formula is C10H9F2NO2. The van der Waals surface area contributed by atoms with Gasteiger partial charge < -0.3 is 15.3 Å². The van der Waals surface area contributed by atoms with Crippen molar-refractivity contribution in [2.24, 2.45) is 5.73 Å². The van der Waals surface area contributed by atoms with Crippen molar-refractivity contribution >= 4 is 11.0 Å². The molecule has 0 aliphatic heterocycles. The van der Waals surface area contributed by atoms with Gasteiger partial charge in [0.1, 0.15) is 23.0 Å². The maximum atomic E-state index is 13.2. The number of aliphatic hydroxyl groups is 1. The van der Waals surface area contributed by atoms with E-state index in [1.165, 1.54) is 6.07 Å². The van der Waals surface area contributed by atoms with Crippen molar-refractivity contribution in [1.29, 1.82) is 0 Å². The molecule has 0 aliphatic rings. The molecule has 0 saturated heterocycles. The van der Waals surface area contributed by atoms with Crippen LogP contribution < -0.4 is 5.73 Å². The molecule has 0 spiro atoms. The van der Waals surface area contributed by atoms with Gasteiger partial charge in [-0.15, -0.1) is 0 Å². The molecular weight excluding hydrogens is 204 g/mol. The monoisotopic (exact) mass is 213 g/mol. The number of rotatable bonds is 2. The van der Waals surface area contributed by atoms with Crippen LogP contribution in [0.3, 0.4) is 0 Å². The molecule has 0 aliphatic carbocycles. The standard InChI is InChI=1S/C10H9F2NO2/c11-5-1-7(12)6-3-10(8(13)4-14)15-9(6)2-5/h1-3,8,14H,4,13H2. The lowest BCUT2D eigenvalue weighted by atomic mass is 10.2. The second-order valence-electron chi connectivity index (χ2n) is 3.24. The van der Waals surface area contributed by atoms with E-state index in [9.17, 15) is 8.78 Å². The van der Waals surface area contributed by atoms with Gasteiger partial charge in [0.2, 0.25) is 0 Å². The number of benzene rings is 1. The van der Waals surface area contributed by atoms with Crippen LogP contribution in [0.15, 0.2) is 22.6 Å². The van der Waals surface area contributed by atoms with Crippen LogP contribution in [0.5, 0.6) is 0 Å². The zero-order valence-corrected chi connectivity index (χ0v) is 7.71. The molecule has 80 valence electrons. The van der Waals surface area contributed by atoms with E-state index < -0.39 is 17.7 Å². The summed E-state index contributed by atoms with van der Waals surface area (Å²) < 4.78 is 31.2. The number of furan rings is 1. The third-order valence-electron chi connectivity index (χ3n) is 2.13. The fraction of sp³-hybridized carbons (Fsp3) is 0.200. The zero-order chi connectivity index (χ0) is 11.0. The van der Waals surface area contributed by atoms with E-state index in [1.807, 2.05) is 0 Å². The maximum absolute atomic E-state index is 13.2. The Morgan fingerprint density at radius 1 is 1.33 bits per heavy atom. The topological polar surface area (TPSA) is 59.4 Å². The van der Waals surface area contributed by atoms with Crippen LogP contribution in [0.1, 0.15) is 11.8 Å². The quantitative estimate of drug-likeness (QED) is 0.798. The second-order valence-corrected chi connectivity index (χ2v) is 3.24. The molecule has 0 saturated carbocycles. The van der Waals surface area contributed by atoms with E-state index in [-0.39, 0.29) is 23.3 Å². The largest absolute Gasteiger partial charge is 0.459 e. The highest BCUT2D eigenvalue weighted by atomic mass is 19.1. The van der Waals surface area contributed by atoms with Gasteiger partial charge in [0.25, 0.3) is 0 Å². The van der Waals surface area contributed by atoms with Gasteiger partial charge >= 0.3 is 0 Å². The van der Waals surface area contributed by atoms with E-state index in [0.29, 0.717) is 0 Å². The van der Waals surface area contributed by atoms with E-state index in [4.69, 9.17) is 15.3 Å². The minimum atomic E-state index is -0.722. The predicted molar refractivity (Wildman–Crippen MR) is 50.1 cm³/mol. The predicted octanol–water partition coefficient (Wildman–Crippen LogP) is 1.70. The maximum Gasteiger partial charge on any atom is 0.140 e. The molecule has 15 heavy (non-hydrogen) atoms. The van der Waals surface area contributed by atoms with Crippen LogP contribution in [-0.4, -0.2) is 11.7 Å². The summed E-state index contributed by atoms with van der Waals surface area (Å²) in [5.74, 6) is -1.18. The van der Waals surface area contributed by atoms with Gasteiger partial charge in [0.05, 0.1) is 18.0 Å². The van der Waals surface area contributed by atoms with Crippen molar-refractivity contribution in [2.75, 3.05) is 6.61 Å². The Balaban J connectivity index is 2.60. The third kappa shape index (κ3) is 1.71. The summed E-state index contributed by atoms with van der Waals surface area (Å²) in [6, 6.07) is 2.49. The molecule has 3 nitrogen and oxygen atoms in total. The number of aliphatic hydroxyl groups excluding tert-OH is 1. The van der Waals surface area contributed by atoms with Crippen LogP contribution in [0.4, 0.5) is 8.78 Å². The third-order valence-corrected chi connectivity index (χ3v) is 2.13. The summed E-state index contributed by atoms with van der Waals surface area (Å²) in [6.07, 6.45) is 0. The fourth-order valence-corrected chi connectivity index (χ4v) is 1.36. The minimum absolute atomic E-state index is 0.0893. The van der Waals surface area contributed by atoms with E-state index in [1.54, 1.807) is 0 Å². The highest BCUT2D eigenvalue weighted by molar-refractivity contribution is 5.78. The molecule has 1 aromatic carbocycles. The average Bonchev–Trinajstić information content (AvgIpc) is 2.60. The number of nitrogens with two attached hydrogens (primary N) is 1. The SMILES string of the molecule is NC(CO)c1cc2c(F)cc(F)cc2o1. The summed E-state index contributed by atoms with van der Waals surface area (Å²) in [7, 11) is 0. The van der Waals surface area contributed by atoms with Crippen molar-refractivity contribution in [3.63, 3.8) is 0 Å². The van der Waals surface area contributed by atoms with Crippen molar-refractivity contribution in [3.05, 3.63) is 35.6 Å². The van der Waals surface area contributed by atoms with Crippen LogP contribution in [0.25, 0.3) is 11.0 Å². The van der Waals surface area contributed by atoms with Crippen molar-refractivity contribution in [2.45, 2.75) is 6.04 Å². The molecule has 1 unspecified atom stereocenters. The summed E-state index contributed by atoms with van der Waals surface area (Å²) in [5.41, 5.74) is 5.58. The molecule has 0 fully saturated rings. The normalized spacial score (nSPS) is 13.3. The van der Waals surface area contributed by atoms with Crippen molar-refractivity contribution in [3.8, 4) is 0 Å². The van der Waals surface area contributed by atoms with Gasteiger partial charge in [0.15, 0.2) is 0 Å². The van der Waals surface area contributed by atoms with Crippen LogP contribution in [0, 0.1) is 11.6 Å². The molecule has 0 radical (unpaired) electrons. The van der Waals surface area contributed by atoms with E-state index in [2.05, 4.69) is 0 Å². The molecule has 5 heteroatoms. The van der Waals surface area contributed by atoms with Gasteiger partial charge in [-0.2, -0.15) is 0 Å². The first-order chi connectivity index (χ1) is 7.11. The second kappa shape index (κ2) is 3.60. The van der Waals surface area contributed by atoms with Crippen LogP contribution in [0.2, 0.25) is 0 Å². The fourth-order valence-electron chi connectivity index (χ4n) is 1.36. The Labute approximate surface area is 84.1 Å². The molecule has 1 atom stereocenters. The Morgan fingerprint density at radius 3 is 2.73 bits per heavy atom. The lowest BCUT2D eigenvalue weighted by Crippen LogP contribution is -2.13. The number of hydrogen-bond acceptors (Lipinski definition) is 3. The Bertz CT molecular complexity index is 495. The number of hydrogen-bond donors (Lipinski definition) is 2. The first kappa shape index (κ1) is 10.1. The van der Waals surface area contributed by atoms with Crippen LogP contribution >= 0.6 is 0 Å². The average molecular weight is 213 g/mol. The first-order valence-corrected chi connectivity index (χ1v) is 4.36. The lowest BCUT2D eigenvalue weighted by Gasteiger charge is -2.01. The van der Waals surface area contributed by atoms with Crippen molar-refractivity contribution < 1.29 is 18.3 Å². The van der Waals surface area contributed by atoms with Gasteiger partial charge in [-0.05, 0) is 6.07 Å². The molecule has 1 heterocycles. The number of halogens is 2. The first-order valence-electron chi connectivity index (χ1n) is 4.36. The Morgan fingerprint density at radius 2 is 2.07 bits per heavy atom. The summed E-state index contributed by atoms with van der Waals surface area (Å²) in [4.78, 5) is 0. The molecule has 1 aromatic heterocycles. The Kier molecular flexibility index (Phi) is 2.42. The Hall–Kier alpha value is -1.46. The molecule has 0 amide bonds. The summed E-state index contributed by atoms with van der Waals surface area (Å²) in [6.45, 7) is -0.316. The highest BCUT2D eigenvalue weighted by Crippen LogP contribution is 2.26. The summed E-state index contributed by atoms with van der Waals surface area (Å²) in [5, 5.41) is 8.95. The smallest absolute Gasteiger partial charge is 0.140 e. The van der Waals surface area contributed by atoms with Gasteiger partial charge in [-0.25, -0.2) is 8.78 Å². The van der Waals surface area contributed by atoms with Crippen LogP contribution in [-0.2, 0) is 0 Å². The summed E-state index contributed by atoms with van der Waals surface area (Å²) >= 11 is 0. The van der Waals surface area contributed by atoms with E-state index in [0.717, 1.165) is 12.1 Å². The number of fused-ring (bicyclic) bond motifs is 1. The van der Waals surface area contributed by atoms with Gasteiger partial charge in [-0.3, -0.25) is 0 Å². The lowest BCUT2D eigenvalue weighted by molar-refractivity contribution is 0.254. The molecule has 2 aromatic rings. The van der Waals surface area contributed by atoms with Gasteiger partial charge in [-0.1, -0.05) is 0 Å². The molecule has 3 N–H and O–H groups in total. The van der Waals surface area contributed by atoms with Gasteiger partial charge in [0, 0.05) is 12.1 Å². The van der Waals surface area contributed by atoms with E-state index >= 15 is 0 Å². The zero-order valence-electron chi connectivity index (χ0n) is 7.71. The molecule has 2 rings (SSSR count). The minimum Gasteiger partial charge on any atom is -0.459 e. The highest BCUT2D eigenvalue weighted by Gasteiger charge is 2.14. The molecule has 0 bridgehead atoms.